The van der Waals surface area contributed by atoms with Crippen LogP contribution < -0.4 is 10.6 Å². The summed E-state index contributed by atoms with van der Waals surface area (Å²) >= 11 is 1.44. The zero-order chi connectivity index (χ0) is 15.4. The van der Waals surface area contributed by atoms with E-state index in [0.29, 0.717) is 17.4 Å². The number of anilines is 1. The van der Waals surface area contributed by atoms with E-state index in [2.05, 4.69) is 29.5 Å². The van der Waals surface area contributed by atoms with Gasteiger partial charge in [0.25, 0.3) is 0 Å². The number of carbonyl (C=O) groups is 2. The molecule has 0 saturated carbocycles. The first-order valence-electron chi connectivity index (χ1n) is 6.88. The summed E-state index contributed by atoms with van der Waals surface area (Å²) in [6.07, 6.45) is 0. The molecule has 0 radical (unpaired) electrons. The first-order chi connectivity index (χ1) is 9.99. The minimum atomic E-state index is -0.680. The molecule has 2 N–H and O–H groups in total. The summed E-state index contributed by atoms with van der Waals surface area (Å²) in [5.74, 6) is -0.243. The molecule has 1 aromatic carbocycles. The smallest absolute Gasteiger partial charge is 0.315 e. The number of aliphatic imine (C=N–C) groups is 1. The number of para-hydroxylation sites is 1. The van der Waals surface area contributed by atoms with E-state index in [1.54, 1.807) is 0 Å². The van der Waals surface area contributed by atoms with Crippen LogP contribution in [-0.2, 0) is 9.59 Å². The van der Waals surface area contributed by atoms with E-state index in [1.165, 1.54) is 11.8 Å². The fraction of sp³-hybridized carbons (Fsp3) is 0.400. The fourth-order valence-corrected chi connectivity index (χ4v) is 2.80. The van der Waals surface area contributed by atoms with Crippen molar-refractivity contribution in [3.05, 3.63) is 29.3 Å². The molecular formula is C15H19N3O2S. The van der Waals surface area contributed by atoms with E-state index in [1.807, 2.05) is 25.1 Å². The van der Waals surface area contributed by atoms with Gasteiger partial charge in [0.05, 0.1) is 6.54 Å². The maximum absolute atomic E-state index is 12.0. The monoisotopic (exact) mass is 305 g/mol. The SMILES string of the molecule is Cc1cccc(C(C)C)c1NC(=O)C(=O)NC1=NCCS1. The van der Waals surface area contributed by atoms with Crippen LogP contribution in [0.25, 0.3) is 0 Å². The third kappa shape index (κ3) is 3.85. The molecule has 1 aliphatic heterocycles. The molecule has 0 saturated heterocycles. The minimum Gasteiger partial charge on any atom is -0.317 e. The van der Waals surface area contributed by atoms with Crippen LogP contribution in [0, 0.1) is 6.92 Å². The topological polar surface area (TPSA) is 70.6 Å². The average Bonchev–Trinajstić information content (AvgIpc) is 2.93. The summed E-state index contributed by atoms with van der Waals surface area (Å²) in [5.41, 5.74) is 2.67. The summed E-state index contributed by atoms with van der Waals surface area (Å²) in [6, 6.07) is 5.82. The van der Waals surface area contributed by atoms with Crippen LogP contribution in [0.2, 0.25) is 0 Å². The van der Waals surface area contributed by atoms with Gasteiger partial charge in [0.15, 0.2) is 5.17 Å². The highest BCUT2D eigenvalue weighted by Gasteiger charge is 2.20. The highest BCUT2D eigenvalue weighted by Crippen LogP contribution is 2.27. The van der Waals surface area contributed by atoms with Crippen LogP contribution in [0.4, 0.5) is 5.69 Å². The lowest BCUT2D eigenvalue weighted by Gasteiger charge is -2.16. The number of amides is 2. The number of aryl methyl sites for hydroxylation is 1. The van der Waals surface area contributed by atoms with E-state index in [0.717, 1.165) is 16.9 Å². The number of carbonyl (C=O) groups excluding carboxylic acids is 2. The van der Waals surface area contributed by atoms with Gasteiger partial charge in [-0.15, -0.1) is 0 Å². The molecule has 0 spiro atoms. The van der Waals surface area contributed by atoms with E-state index >= 15 is 0 Å². The van der Waals surface area contributed by atoms with Crippen LogP contribution in [0.5, 0.6) is 0 Å². The molecule has 1 aromatic rings. The van der Waals surface area contributed by atoms with Crippen molar-refractivity contribution in [3.8, 4) is 0 Å². The van der Waals surface area contributed by atoms with Crippen LogP contribution in [0.3, 0.4) is 0 Å². The zero-order valence-electron chi connectivity index (χ0n) is 12.4. The molecular weight excluding hydrogens is 286 g/mol. The van der Waals surface area contributed by atoms with Gasteiger partial charge >= 0.3 is 11.8 Å². The Balaban J connectivity index is 2.10. The number of rotatable bonds is 2. The lowest BCUT2D eigenvalue weighted by atomic mass is 9.98. The highest BCUT2D eigenvalue weighted by molar-refractivity contribution is 8.14. The second-order valence-electron chi connectivity index (χ2n) is 5.14. The molecule has 1 aliphatic rings. The molecule has 1 heterocycles. The minimum absolute atomic E-state index is 0.262. The lowest BCUT2D eigenvalue weighted by molar-refractivity contribution is -0.135. The van der Waals surface area contributed by atoms with Crippen LogP contribution in [-0.4, -0.2) is 29.3 Å². The van der Waals surface area contributed by atoms with Gasteiger partial charge in [0.1, 0.15) is 0 Å². The molecule has 0 bridgehead atoms. The number of benzene rings is 1. The van der Waals surface area contributed by atoms with Crippen molar-refractivity contribution in [3.63, 3.8) is 0 Å². The van der Waals surface area contributed by atoms with Crippen molar-refractivity contribution in [2.24, 2.45) is 4.99 Å². The summed E-state index contributed by atoms with van der Waals surface area (Å²) in [5, 5.41) is 5.77. The predicted octanol–water partition coefficient (Wildman–Crippen LogP) is 2.28. The van der Waals surface area contributed by atoms with Gasteiger partial charge in [-0.2, -0.15) is 0 Å². The van der Waals surface area contributed by atoms with Crippen LogP contribution in [0.15, 0.2) is 23.2 Å². The molecule has 6 heteroatoms. The van der Waals surface area contributed by atoms with E-state index < -0.39 is 11.8 Å². The number of amidine groups is 1. The largest absolute Gasteiger partial charge is 0.317 e. The molecule has 0 aromatic heterocycles. The number of hydrogen-bond donors (Lipinski definition) is 2. The Bertz CT molecular complexity index is 597. The van der Waals surface area contributed by atoms with Crippen molar-refractivity contribution >= 4 is 34.4 Å². The second-order valence-corrected chi connectivity index (χ2v) is 6.22. The molecule has 21 heavy (non-hydrogen) atoms. The molecule has 0 aliphatic carbocycles. The number of nitrogens with zero attached hydrogens (tertiary/aromatic N) is 1. The van der Waals surface area contributed by atoms with E-state index in [9.17, 15) is 9.59 Å². The maximum atomic E-state index is 12.0. The number of nitrogens with one attached hydrogen (secondary N) is 2. The Labute approximate surface area is 128 Å². The Morgan fingerprint density at radius 3 is 2.57 bits per heavy atom. The normalized spacial score (nSPS) is 14.0. The molecule has 0 atom stereocenters. The summed E-state index contributed by atoms with van der Waals surface area (Å²) in [4.78, 5) is 28.0. The predicted molar refractivity (Wildman–Crippen MR) is 86.8 cm³/mol. The number of thioether (sulfide) groups is 1. The summed E-state index contributed by atoms with van der Waals surface area (Å²) < 4.78 is 0. The van der Waals surface area contributed by atoms with Crippen molar-refractivity contribution in [2.75, 3.05) is 17.6 Å². The van der Waals surface area contributed by atoms with Crippen LogP contribution >= 0.6 is 11.8 Å². The molecule has 2 amide bonds. The maximum Gasteiger partial charge on any atom is 0.315 e. The van der Waals surface area contributed by atoms with Crippen LogP contribution in [0.1, 0.15) is 30.9 Å². The standard InChI is InChI=1S/C15H19N3O2S/c1-9(2)11-6-4-5-10(3)12(11)17-13(19)14(20)18-15-16-7-8-21-15/h4-6,9H,7-8H2,1-3H3,(H,17,19)(H,16,18,20). The van der Waals surface area contributed by atoms with Crippen molar-refractivity contribution in [1.82, 2.24) is 5.32 Å². The molecule has 0 fully saturated rings. The van der Waals surface area contributed by atoms with Gasteiger partial charge in [0.2, 0.25) is 0 Å². The van der Waals surface area contributed by atoms with Crippen molar-refractivity contribution < 1.29 is 9.59 Å². The fourth-order valence-electron chi connectivity index (χ4n) is 2.08. The van der Waals surface area contributed by atoms with Gasteiger partial charge in [-0.3, -0.25) is 19.9 Å². The molecule has 2 rings (SSSR count). The van der Waals surface area contributed by atoms with Crippen molar-refractivity contribution in [1.29, 1.82) is 0 Å². The number of hydrogen-bond acceptors (Lipinski definition) is 4. The quantitative estimate of drug-likeness (QED) is 0.824. The molecule has 5 nitrogen and oxygen atoms in total. The third-order valence-electron chi connectivity index (χ3n) is 3.18. The van der Waals surface area contributed by atoms with Gasteiger partial charge in [-0.1, -0.05) is 43.8 Å². The van der Waals surface area contributed by atoms with Gasteiger partial charge in [-0.25, -0.2) is 0 Å². The molecule has 0 unspecified atom stereocenters. The van der Waals surface area contributed by atoms with Crippen molar-refractivity contribution in [2.45, 2.75) is 26.7 Å². The second kappa shape index (κ2) is 6.76. The highest BCUT2D eigenvalue weighted by atomic mass is 32.2. The average molecular weight is 305 g/mol. The Kier molecular flexibility index (Phi) is 5.01. The first kappa shape index (κ1) is 15.6. The zero-order valence-corrected chi connectivity index (χ0v) is 13.2. The Morgan fingerprint density at radius 2 is 1.95 bits per heavy atom. The lowest BCUT2D eigenvalue weighted by Crippen LogP contribution is -2.38. The first-order valence-corrected chi connectivity index (χ1v) is 7.86. The molecule has 112 valence electrons. The summed E-state index contributed by atoms with van der Waals surface area (Å²) in [7, 11) is 0. The van der Waals surface area contributed by atoms with Gasteiger partial charge in [0, 0.05) is 11.4 Å². The van der Waals surface area contributed by atoms with E-state index in [-0.39, 0.29) is 5.92 Å². The summed E-state index contributed by atoms with van der Waals surface area (Å²) in [6.45, 7) is 6.69. The third-order valence-corrected chi connectivity index (χ3v) is 4.07. The Morgan fingerprint density at radius 1 is 1.24 bits per heavy atom. The van der Waals surface area contributed by atoms with E-state index in [4.69, 9.17) is 0 Å². The Hall–Kier alpha value is -1.82. The van der Waals surface area contributed by atoms with Gasteiger partial charge in [-0.05, 0) is 24.0 Å². The van der Waals surface area contributed by atoms with Gasteiger partial charge < -0.3 is 5.32 Å².